The van der Waals surface area contributed by atoms with Gasteiger partial charge in [0.15, 0.2) is 0 Å². The molecule has 0 aliphatic carbocycles. The molecule has 1 aromatic heterocycles. The van der Waals surface area contributed by atoms with E-state index in [1.54, 1.807) is 0 Å². The van der Waals surface area contributed by atoms with Crippen LogP contribution in [0.2, 0.25) is 0 Å². The zero-order chi connectivity index (χ0) is 9.10. The quantitative estimate of drug-likeness (QED) is 0.591. The Bertz CT molecular complexity index is 484. The number of rotatable bonds is 1. The second-order valence-electron chi connectivity index (χ2n) is 2.81. The summed E-state index contributed by atoms with van der Waals surface area (Å²) >= 11 is 0. The summed E-state index contributed by atoms with van der Waals surface area (Å²) in [7, 11) is 1.82. The van der Waals surface area contributed by atoms with Crippen LogP contribution in [0.25, 0.3) is 17.0 Å². The Morgan fingerprint density at radius 3 is 3.08 bits per heavy atom. The molecule has 2 rings (SSSR count). The van der Waals surface area contributed by atoms with Crippen LogP contribution in [0, 0.1) is 0 Å². The molecule has 0 aliphatic heterocycles. The molecule has 1 aromatic carbocycles. The number of aromatic nitrogens is 1. The molecular weight excluding hydrogens is 157 g/mol. The average Bonchev–Trinajstić information content (AvgIpc) is 2.18. The fourth-order valence-electron chi connectivity index (χ4n) is 1.28. The Kier molecular flexibility index (Phi) is 2.07. The molecule has 2 heteroatoms. The Morgan fingerprint density at radius 2 is 2.23 bits per heavy atom. The van der Waals surface area contributed by atoms with Crippen molar-refractivity contribution in [1.82, 2.24) is 4.89 Å². The van der Waals surface area contributed by atoms with E-state index < -0.39 is 0 Å². The van der Waals surface area contributed by atoms with Crippen LogP contribution < -0.4 is 0 Å². The van der Waals surface area contributed by atoms with Gasteiger partial charge in [-0.25, -0.2) is 0 Å². The SMILES string of the molecule is C=C=Cc1bnc2ccccc2c1. The van der Waals surface area contributed by atoms with Crippen LogP contribution in [0.3, 0.4) is 0 Å². The molecule has 60 valence electrons. The predicted octanol–water partition coefficient (Wildman–Crippen LogP) is 2.37. The number of hydrogen-bond donors (Lipinski definition) is 0. The fourth-order valence-corrected chi connectivity index (χ4v) is 1.28. The van der Waals surface area contributed by atoms with Gasteiger partial charge in [-0.15, -0.1) is 0 Å². The fraction of sp³-hybridized carbons (Fsp3) is 0. The van der Waals surface area contributed by atoms with Crippen molar-refractivity contribution in [2.75, 3.05) is 0 Å². The summed E-state index contributed by atoms with van der Waals surface area (Å²) in [6.45, 7) is 3.53. The minimum absolute atomic E-state index is 1.02. The summed E-state index contributed by atoms with van der Waals surface area (Å²) < 4.78 is 0. The third-order valence-electron chi connectivity index (χ3n) is 1.88. The third-order valence-corrected chi connectivity index (χ3v) is 1.88. The first-order chi connectivity index (χ1) is 6.40. The molecule has 0 saturated carbocycles. The standard InChI is InChI=1S/C11H8BN/c1-2-5-10-8-9-6-3-4-7-11(9)13-12-10/h3-8H,1H2. The molecule has 0 bridgehead atoms. The van der Waals surface area contributed by atoms with Crippen molar-refractivity contribution in [3.63, 3.8) is 0 Å². The topological polar surface area (TPSA) is 12.9 Å². The predicted molar refractivity (Wildman–Crippen MR) is 56.7 cm³/mol. The molecule has 0 N–H and O–H groups in total. The maximum absolute atomic E-state index is 4.30. The van der Waals surface area contributed by atoms with Crippen LogP contribution in [0.4, 0.5) is 0 Å². The number of benzene rings is 1. The van der Waals surface area contributed by atoms with Gasteiger partial charge in [0.2, 0.25) is 0 Å². The second kappa shape index (κ2) is 3.38. The van der Waals surface area contributed by atoms with Crippen molar-refractivity contribution < 1.29 is 0 Å². The van der Waals surface area contributed by atoms with Crippen LogP contribution in [-0.4, -0.2) is 11.9 Å². The molecule has 1 heterocycles. The van der Waals surface area contributed by atoms with E-state index in [2.05, 4.69) is 23.3 Å². The summed E-state index contributed by atoms with van der Waals surface area (Å²) in [5, 5.41) is 1.14. The minimum atomic E-state index is 1.02. The molecule has 0 aliphatic rings. The van der Waals surface area contributed by atoms with Crippen molar-refractivity contribution in [1.29, 1.82) is 0 Å². The molecule has 2 aromatic rings. The van der Waals surface area contributed by atoms with Crippen molar-refractivity contribution in [3.8, 4) is 0 Å². The monoisotopic (exact) mass is 165 g/mol. The van der Waals surface area contributed by atoms with Gasteiger partial charge in [-0.2, -0.15) is 0 Å². The van der Waals surface area contributed by atoms with Crippen molar-refractivity contribution in [2.45, 2.75) is 0 Å². The van der Waals surface area contributed by atoms with Crippen LogP contribution >= 0.6 is 0 Å². The van der Waals surface area contributed by atoms with Crippen LogP contribution in [0.15, 0.2) is 42.6 Å². The summed E-state index contributed by atoms with van der Waals surface area (Å²) in [5.74, 6) is 0. The van der Waals surface area contributed by atoms with Crippen LogP contribution in [0.5, 0.6) is 0 Å². The zero-order valence-corrected chi connectivity index (χ0v) is 7.20. The van der Waals surface area contributed by atoms with E-state index in [-0.39, 0.29) is 0 Å². The van der Waals surface area contributed by atoms with E-state index in [1.165, 1.54) is 0 Å². The molecule has 0 radical (unpaired) electrons. The van der Waals surface area contributed by atoms with Crippen molar-refractivity contribution in [3.05, 3.63) is 48.1 Å². The van der Waals surface area contributed by atoms with Gasteiger partial charge in [-0.05, 0) is 0 Å². The first kappa shape index (κ1) is 7.97. The van der Waals surface area contributed by atoms with Crippen molar-refractivity contribution >= 4 is 24.0 Å². The summed E-state index contributed by atoms with van der Waals surface area (Å²) in [5.41, 5.74) is 4.79. The summed E-state index contributed by atoms with van der Waals surface area (Å²) in [6.07, 6.45) is 1.82. The van der Waals surface area contributed by atoms with Gasteiger partial charge in [0.25, 0.3) is 0 Å². The van der Waals surface area contributed by atoms with E-state index in [1.807, 2.05) is 37.4 Å². The molecule has 0 saturated heterocycles. The summed E-state index contributed by atoms with van der Waals surface area (Å²) in [6, 6.07) is 10.1. The third kappa shape index (κ3) is 1.58. The first-order valence-corrected chi connectivity index (χ1v) is 4.11. The van der Waals surface area contributed by atoms with E-state index >= 15 is 0 Å². The Morgan fingerprint density at radius 1 is 1.38 bits per heavy atom. The molecular formula is C11H8BN. The van der Waals surface area contributed by atoms with Crippen LogP contribution in [0.1, 0.15) is 5.46 Å². The molecule has 0 fully saturated rings. The van der Waals surface area contributed by atoms with Crippen molar-refractivity contribution in [2.24, 2.45) is 0 Å². The van der Waals surface area contributed by atoms with Gasteiger partial charge in [-0.3, -0.25) is 0 Å². The van der Waals surface area contributed by atoms with E-state index in [0.717, 1.165) is 16.4 Å². The zero-order valence-electron chi connectivity index (χ0n) is 7.20. The Balaban J connectivity index is 2.68. The molecule has 0 atom stereocenters. The van der Waals surface area contributed by atoms with E-state index in [0.29, 0.717) is 0 Å². The molecule has 1 nitrogen and oxygen atoms in total. The maximum atomic E-state index is 4.30. The Labute approximate surface area is 77.7 Å². The van der Waals surface area contributed by atoms with Gasteiger partial charge in [-0.1, -0.05) is 0 Å². The molecule has 0 amide bonds. The van der Waals surface area contributed by atoms with E-state index in [4.69, 9.17) is 0 Å². The normalized spacial score (nSPS) is 9.23. The summed E-state index contributed by atoms with van der Waals surface area (Å²) in [4.78, 5) is 4.30. The first-order valence-electron chi connectivity index (χ1n) is 4.11. The number of nitrogens with zero attached hydrogens (tertiary/aromatic N) is 1. The van der Waals surface area contributed by atoms with Crippen LogP contribution in [-0.2, 0) is 0 Å². The van der Waals surface area contributed by atoms with Gasteiger partial charge in [0.05, 0.1) is 0 Å². The average molecular weight is 165 g/mol. The molecule has 0 unspecified atom stereocenters. The van der Waals surface area contributed by atoms with Gasteiger partial charge >= 0.3 is 77.0 Å². The van der Waals surface area contributed by atoms with Gasteiger partial charge in [0, 0.05) is 0 Å². The second-order valence-corrected chi connectivity index (χ2v) is 2.81. The van der Waals surface area contributed by atoms with Gasteiger partial charge < -0.3 is 0 Å². The Hall–Kier alpha value is -1.66. The van der Waals surface area contributed by atoms with E-state index in [9.17, 15) is 0 Å². The number of hydrogen-bond acceptors (Lipinski definition) is 1. The molecule has 13 heavy (non-hydrogen) atoms. The molecule has 0 spiro atoms. The van der Waals surface area contributed by atoms with Gasteiger partial charge in [0.1, 0.15) is 0 Å². The number of fused-ring (bicyclic) bond motifs is 1.